The summed E-state index contributed by atoms with van der Waals surface area (Å²) in [6.07, 6.45) is 1.06. The molecule has 0 unspecified atom stereocenters. The number of rotatable bonds is 14. The lowest BCUT2D eigenvalue weighted by Crippen LogP contribution is -2.25. The maximum Gasteiger partial charge on any atom is 0.335 e. The summed E-state index contributed by atoms with van der Waals surface area (Å²) in [6, 6.07) is 25.1. The third-order valence-electron chi connectivity index (χ3n) is 5.47. The first-order valence-corrected chi connectivity index (χ1v) is 11.6. The van der Waals surface area contributed by atoms with E-state index in [4.69, 9.17) is 14.6 Å². The zero-order valence-electron chi connectivity index (χ0n) is 20.0. The molecule has 0 aliphatic rings. The van der Waals surface area contributed by atoms with Gasteiger partial charge in [0.15, 0.2) is 0 Å². The molecule has 6 heteroatoms. The van der Waals surface area contributed by atoms with Gasteiger partial charge in [0.25, 0.3) is 0 Å². The van der Waals surface area contributed by atoms with E-state index in [9.17, 15) is 4.79 Å². The predicted octanol–water partition coefficient (Wildman–Crippen LogP) is 4.80. The molecule has 0 aromatic heterocycles. The minimum Gasteiger partial charge on any atom is -0.490 e. The molecular formula is C28H34N2O4. The highest BCUT2D eigenvalue weighted by atomic mass is 16.5. The number of carbonyl (C=O) groups is 1. The molecule has 0 amide bonds. The molecule has 0 atom stereocenters. The van der Waals surface area contributed by atoms with Gasteiger partial charge in [-0.1, -0.05) is 42.5 Å². The number of para-hydroxylation sites is 1. The van der Waals surface area contributed by atoms with E-state index in [1.165, 1.54) is 5.56 Å². The molecule has 0 spiro atoms. The van der Waals surface area contributed by atoms with Gasteiger partial charge in [-0.2, -0.15) is 0 Å². The maximum absolute atomic E-state index is 11.0. The van der Waals surface area contributed by atoms with Crippen LogP contribution < -0.4 is 9.47 Å². The van der Waals surface area contributed by atoms with Crippen molar-refractivity contribution in [1.82, 2.24) is 9.80 Å². The van der Waals surface area contributed by atoms with Crippen molar-refractivity contribution < 1.29 is 19.4 Å². The molecule has 0 saturated heterocycles. The topological polar surface area (TPSA) is 62.2 Å². The molecule has 0 fully saturated rings. The summed E-state index contributed by atoms with van der Waals surface area (Å²) in [6.45, 7) is 4.68. The predicted molar refractivity (Wildman–Crippen MR) is 135 cm³/mol. The normalized spacial score (nSPS) is 11.1. The molecule has 0 aliphatic carbocycles. The third-order valence-corrected chi connectivity index (χ3v) is 5.47. The first-order chi connectivity index (χ1) is 16.5. The summed E-state index contributed by atoms with van der Waals surface area (Å²) in [7, 11) is 4.23. The Morgan fingerprint density at radius 1 is 0.706 bits per heavy atom. The fraction of sp³-hybridized carbons (Fsp3) is 0.321. The molecule has 34 heavy (non-hydrogen) atoms. The Kier molecular flexibility index (Phi) is 9.95. The summed E-state index contributed by atoms with van der Waals surface area (Å²) in [5.74, 6) is 0.810. The number of aromatic carboxylic acids is 1. The minimum atomic E-state index is -0.890. The largest absolute Gasteiger partial charge is 0.490 e. The summed E-state index contributed by atoms with van der Waals surface area (Å²) < 4.78 is 11.4. The van der Waals surface area contributed by atoms with Crippen LogP contribution in [0.5, 0.6) is 11.5 Å². The molecule has 0 radical (unpaired) electrons. The summed E-state index contributed by atoms with van der Waals surface area (Å²) in [4.78, 5) is 15.5. The highest BCUT2D eigenvalue weighted by Crippen LogP contribution is 2.14. The Bertz CT molecular complexity index is 991. The number of hydrogen-bond donors (Lipinski definition) is 1. The molecule has 1 N–H and O–H groups in total. The Balaban J connectivity index is 1.30. The zero-order valence-corrected chi connectivity index (χ0v) is 20.0. The van der Waals surface area contributed by atoms with E-state index in [-0.39, 0.29) is 0 Å². The fourth-order valence-electron chi connectivity index (χ4n) is 3.67. The van der Waals surface area contributed by atoms with E-state index in [1.807, 2.05) is 54.6 Å². The molecule has 0 bridgehead atoms. The lowest BCUT2D eigenvalue weighted by Gasteiger charge is -2.20. The van der Waals surface area contributed by atoms with E-state index < -0.39 is 5.97 Å². The highest BCUT2D eigenvalue weighted by Gasteiger charge is 2.06. The smallest absolute Gasteiger partial charge is 0.335 e. The van der Waals surface area contributed by atoms with Crippen LogP contribution >= 0.6 is 0 Å². The number of benzene rings is 3. The standard InChI is InChI=1S/C28H34N2O4/c1-29(21-23-9-13-25(14-10-23)28(31)32)17-6-18-30(2)22-24-11-15-27(16-12-24)34-20-19-33-26-7-4-3-5-8-26/h3-5,7-16H,6,17-22H2,1-2H3,(H,31,32). The summed E-state index contributed by atoms with van der Waals surface area (Å²) >= 11 is 0. The first-order valence-electron chi connectivity index (χ1n) is 11.6. The van der Waals surface area contributed by atoms with E-state index in [0.29, 0.717) is 18.8 Å². The number of nitrogens with zero attached hydrogens (tertiary/aromatic N) is 2. The van der Waals surface area contributed by atoms with Crippen molar-refractivity contribution >= 4 is 5.97 Å². The maximum atomic E-state index is 11.0. The van der Waals surface area contributed by atoms with Crippen LogP contribution in [0.3, 0.4) is 0 Å². The molecular weight excluding hydrogens is 428 g/mol. The van der Waals surface area contributed by atoms with E-state index in [1.54, 1.807) is 12.1 Å². The van der Waals surface area contributed by atoms with Crippen LogP contribution in [-0.2, 0) is 13.1 Å². The van der Waals surface area contributed by atoms with Crippen molar-refractivity contribution in [3.05, 3.63) is 95.6 Å². The van der Waals surface area contributed by atoms with Crippen molar-refractivity contribution in [2.45, 2.75) is 19.5 Å². The van der Waals surface area contributed by atoms with Crippen molar-refractivity contribution in [3.63, 3.8) is 0 Å². The Morgan fingerprint density at radius 2 is 1.18 bits per heavy atom. The van der Waals surface area contributed by atoms with Crippen molar-refractivity contribution in [3.8, 4) is 11.5 Å². The first kappa shape index (κ1) is 25.3. The minimum absolute atomic E-state index is 0.324. The Hall–Kier alpha value is -3.35. The van der Waals surface area contributed by atoms with Gasteiger partial charge >= 0.3 is 5.97 Å². The van der Waals surface area contributed by atoms with Crippen LogP contribution in [0.4, 0.5) is 0 Å². The second-order valence-electron chi connectivity index (χ2n) is 8.49. The lowest BCUT2D eigenvalue weighted by atomic mass is 10.1. The van der Waals surface area contributed by atoms with Gasteiger partial charge in [0.1, 0.15) is 24.7 Å². The third kappa shape index (κ3) is 8.89. The molecule has 0 heterocycles. The van der Waals surface area contributed by atoms with E-state index >= 15 is 0 Å². The average Bonchev–Trinajstić information content (AvgIpc) is 2.84. The highest BCUT2D eigenvalue weighted by molar-refractivity contribution is 5.87. The van der Waals surface area contributed by atoms with Crippen LogP contribution in [0.15, 0.2) is 78.9 Å². The van der Waals surface area contributed by atoms with Gasteiger partial charge in [-0.15, -0.1) is 0 Å². The molecule has 180 valence electrons. The molecule has 6 nitrogen and oxygen atoms in total. The van der Waals surface area contributed by atoms with Gasteiger partial charge in [-0.25, -0.2) is 4.79 Å². The van der Waals surface area contributed by atoms with Gasteiger partial charge in [0.05, 0.1) is 5.56 Å². The van der Waals surface area contributed by atoms with Gasteiger partial charge in [0.2, 0.25) is 0 Å². The van der Waals surface area contributed by atoms with Gasteiger partial charge in [0, 0.05) is 13.1 Å². The van der Waals surface area contributed by atoms with Gasteiger partial charge < -0.3 is 24.4 Å². The molecule has 3 aromatic rings. The summed E-state index contributed by atoms with van der Waals surface area (Å²) in [5.41, 5.74) is 2.70. The molecule has 0 aliphatic heterocycles. The average molecular weight is 463 g/mol. The van der Waals surface area contributed by atoms with E-state index in [0.717, 1.165) is 49.7 Å². The monoisotopic (exact) mass is 462 g/mol. The zero-order chi connectivity index (χ0) is 24.2. The SMILES string of the molecule is CN(CCCN(C)Cc1ccc(C(=O)O)cc1)Cc1ccc(OCCOc2ccccc2)cc1. The number of ether oxygens (including phenoxy) is 2. The van der Waals surface area contributed by atoms with E-state index in [2.05, 4.69) is 36.0 Å². The number of carboxylic acid groups (broad SMARTS) is 1. The van der Waals surface area contributed by atoms with Gasteiger partial charge in [-0.3, -0.25) is 0 Å². The number of carboxylic acids is 1. The second-order valence-corrected chi connectivity index (χ2v) is 8.49. The molecule has 3 rings (SSSR count). The van der Waals surface area contributed by atoms with Crippen LogP contribution in [0.25, 0.3) is 0 Å². The summed E-state index contributed by atoms with van der Waals surface area (Å²) in [5, 5.41) is 9.00. The molecule has 0 saturated carbocycles. The van der Waals surface area contributed by atoms with Crippen molar-refractivity contribution in [2.24, 2.45) is 0 Å². The lowest BCUT2D eigenvalue weighted by molar-refractivity contribution is 0.0697. The van der Waals surface area contributed by atoms with Crippen LogP contribution in [-0.4, -0.2) is 61.3 Å². The van der Waals surface area contributed by atoms with Crippen molar-refractivity contribution in [2.75, 3.05) is 40.4 Å². The second kappa shape index (κ2) is 13.4. The quantitative estimate of drug-likeness (QED) is 0.348. The Labute approximate surface area is 202 Å². The fourth-order valence-corrected chi connectivity index (χ4v) is 3.67. The van der Waals surface area contributed by atoms with Crippen molar-refractivity contribution in [1.29, 1.82) is 0 Å². The molecule has 3 aromatic carbocycles. The van der Waals surface area contributed by atoms with Gasteiger partial charge in [-0.05, 0) is 81.1 Å². The number of hydrogen-bond acceptors (Lipinski definition) is 5. The van der Waals surface area contributed by atoms with Crippen LogP contribution in [0.2, 0.25) is 0 Å². The van der Waals surface area contributed by atoms with Crippen LogP contribution in [0, 0.1) is 0 Å². The Morgan fingerprint density at radius 3 is 1.68 bits per heavy atom. The van der Waals surface area contributed by atoms with Crippen LogP contribution in [0.1, 0.15) is 27.9 Å².